The molecule has 1 rings (SSSR count). The van der Waals surface area contributed by atoms with E-state index in [0.717, 1.165) is 0 Å². The molecule has 0 amide bonds. The molecule has 0 aliphatic heterocycles. The molecular formula is C16H26O7. The van der Waals surface area contributed by atoms with Gasteiger partial charge in [0.25, 0.3) is 0 Å². The SMILES string of the molecule is O=C(O)CCCCC(=O)CCC1[C@H](O)C[C@H](O)[C@@H]1CCC(=O)O. The molecule has 1 saturated carbocycles. The first kappa shape index (κ1) is 19.6. The number of aliphatic hydroxyl groups excluding tert-OH is 2. The standard InChI is InChI=1S/C16H26O7/c17-10(3-1-2-4-15(20)21)5-6-11-12(7-8-16(22)23)14(19)9-13(11)18/h11-14,18-19H,1-9H2,(H,20,21)(H,22,23)/t11?,12-,13-,14+/m1/s1. The Hall–Kier alpha value is -1.47. The number of carboxylic acids is 2. The Morgan fingerprint density at radius 1 is 0.739 bits per heavy atom. The van der Waals surface area contributed by atoms with Crippen molar-refractivity contribution in [1.82, 2.24) is 0 Å². The highest BCUT2D eigenvalue weighted by molar-refractivity contribution is 5.78. The largest absolute Gasteiger partial charge is 0.481 e. The number of hydrogen-bond donors (Lipinski definition) is 4. The van der Waals surface area contributed by atoms with Crippen LogP contribution in [-0.2, 0) is 14.4 Å². The van der Waals surface area contributed by atoms with Crippen molar-refractivity contribution in [1.29, 1.82) is 0 Å². The summed E-state index contributed by atoms with van der Waals surface area (Å²) in [5.74, 6) is -2.34. The van der Waals surface area contributed by atoms with Crippen molar-refractivity contribution in [2.75, 3.05) is 0 Å². The molecule has 0 aromatic rings. The second-order valence-corrected chi connectivity index (χ2v) is 6.31. The van der Waals surface area contributed by atoms with Crippen LogP contribution < -0.4 is 0 Å². The molecule has 1 unspecified atom stereocenters. The van der Waals surface area contributed by atoms with E-state index >= 15 is 0 Å². The second-order valence-electron chi connectivity index (χ2n) is 6.31. The molecule has 0 spiro atoms. The van der Waals surface area contributed by atoms with E-state index in [-0.39, 0.29) is 43.3 Å². The van der Waals surface area contributed by atoms with Crippen molar-refractivity contribution in [3.8, 4) is 0 Å². The van der Waals surface area contributed by atoms with E-state index in [1.54, 1.807) is 0 Å². The van der Waals surface area contributed by atoms with Gasteiger partial charge in [0.15, 0.2) is 0 Å². The van der Waals surface area contributed by atoms with Crippen molar-refractivity contribution >= 4 is 17.7 Å². The third-order valence-corrected chi connectivity index (χ3v) is 4.57. The van der Waals surface area contributed by atoms with Gasteiger partial charge in [-0.2, -0.15) is 0 Å². The van der Waals surface area contributed by atoms with E-state index in [4.69, 9.17) is 10.2 Å². The minimum absolute atomic E-state index is 0.0148. The molecule has 4 atom stereocenters. The third-order valence-electron chi connectivity index (χ3n) is 4.57. The molecule has 132 valence electrons. The first-order valence-corrected chi connectivity index (χ1v) is 8.12. The lowest BCUT2D eigenvalue weighted by atomic mass is 9.85. The summed E-state index contributed by atoms with van der Waals surface area (Å²) in [6, 6.07) is 0. The number of aliphatic hydroxyl groups is 2. The molecule has 4 N–H and O–H groups in total. The molecular weight excluding hydrogens is 304 g/mol. The molecule has 1 aliphatic rings. The summed E-state index contributed by atoms with van der Waals surface area (Å²) < 4.78 is 0. The van der Waals surface area contributed by atoms with Gasteiger partial charge in [-0.15, -0.1) is 0 Å². The zero-order valence-corrected chi connectivity index (χ0v) is 13.2. The zero-order chi connectivity index (χ0) is 17.4. The molecule has 1 aliphatic carbocycles. The van der Waals surface area contributed by atoms with Crippen molar-refractivity contribution in [3.05, 3.63) is 0 Å². The van der Waals surface area contributed by atoms with Crippen LogP contribution in [0.15, 0.2) is 0 Å². The van der Waals surface area contributed by atoms with Gasteiger partial charge in [-0.3, -0.25) is 14.4 Å². The number of hydrogen-bond acceptors (Lipinski definition) is 5. The van der Waals surface area contributed by atoms with Gasteiger partial charge in [-0.25, -0.2) is 0 Å². The van der Waals surface area contributed by atoms with Crippen LogP contribution in [0.4, 0.5) is 0 Å². The zero-order valence-electron chi connectivity index (χ0n) is 13.2. The number of Topliss-reactive ketones (excluding diaryl/α,β-unsaturated/α-hetero) is 1. The molecule has 0 aromatic heterocycles. The maximum absolute atomic E-state index is 11.8. The number of rotatable bonds is 11. The van der Waals surface area contributed by atoms with E-state index in [1.165, 1.54) is 0 Å². The number of carbonyl (C=O) groups excluding carboxylic acids is 1. The van der Waals surface area contributed by atoms with Crippen LogP contribution >= 0.6 is 0 Å². The van der Waals surface area contributed by atoms with Crippen molar-refractivity contribution in [2.45, 2.75) is 70.0 Å². The lowest BCUT2D eigenvalue weighted by Crippen LogP contribution is -2.24. The first-order valence-electron chi connectivity index (χ1n) is 8.12. The first-order chi connectivity index (χ1) is 10.8. The van der Waals surface area contributed by atoms with Crippen LogP contribution in [0.2, 0.25) is 0 Å². The molecule has 0 aromatic carbocycles. The molecule has 7 heteroatoms. The van der Waals surface area contributed by atoms with Gasteiger partial charge in [0.05, 0.1) is 12.2 Å². The maximum atomic E-state index is 11.8. The van der Waals surface area contributed by atoms with Gasteiger partial charge < -0.3 is 20.4 Å². The van der Waals surface area contributed by atoms with Gasteiger partial charge in [-0.05, 0) is 43.9 Å². The predicted molar refractivity (Wildman–Crippen MR) is 80.8 cm³/mol. The van der Waals surface area contributed by atoms with E-state index in [0.29, 0.717) is 32.1 Å². The highest BCUT2D eigenvalue weighted by atomic mass is 16.4. The van der Waals surface area contributed by atoms with E-state index < -0.39 is 24.1 Å². The molecule has 0 radical (unpaired) electrons. The van der Waals surface area contributed by atoms with Gasteiger partial charge in [0.2, 0.25) is 0 Å². The molecule has 7 nitrogen and oxygen atoms in total. The van der Waals surface area contributed by atoms with Crippen LogP contribution in [0.1, 0.15) is 57.8 Å². The quantitative estimate of drug-likeness (QED) is 0.418. The topological polar surface area (TPSA) is 132 Å². The molecule has 0 saturated heterocycles. The Kier molecular flexibility index (Phi) is 8.19. The van der Waals surface area contributed by atoms with Crippen LogP contribution in [0.25, 0.3) is 0 Å². The van der Waals surface area contributed by atoms with Crippen molar-refractivity contribution in [2.24, 2.45) is 11.8 Å². The number of aliphatic carboxylic acids is 2. The summed E-state index contributed by atoms with van der Waals surface area (Å²) in [5.41, 5.74) is 0. The van der Waals surface area contributed by atoms with E-state index in [1.807, 2.05) is 0 Å². The fourth-order valence-electron chi connectivity index (χ4n) is 3.32. The normalized spacial score (nSPS) is 27.0. The second kappa shape index (κ2) is 9.62. The molecule has 0 heterocycles. The molecule has 0 bridgehead atoms. The Bertz CT molecular complexity index is 421. The number of ketones is 1. The summed E-state index contributed by atoms with van der Waals surface area (Å²) in [7, 11) is 0. The van der Waals surface area contributed by atoms with E-state index in [9.17, 15) is 24.6 Å². The monoisotopic (exact) mass is 330 g/mol. The van der Waals surface area contributed by atoms with Gasteiger partial charge in [0.1, 0.15) is 5.78 Å². The highest BCUT2D eigenvalue weighted by Crippen LogP contribution is 2.38. The highest BCUT2D eigenvalue weighted by Gasteiger charge is 2.41. The summed E-state index contributed by atoms with van der Waals surface area (Å²) >= 11 is 0. The minimum atomic E-state index is -0.938. The van der Waals surface area contributed by atoms with Crippen LogP contribution in [0.3, 0.4) is 0 Å². The Labute approximate surface area is 135 Å². The average molecular weight is 330 g/mol. The van der Waals surface area contributed by atoms with Crippen LogP contribution in [0.5, 0.6) is 0 Å². The van der Waals surface area contributed by atoms with Gasteiger partial charge in [0, 0.05) is 25.7 Å². The van der Waals surface area contributed by atoms with Gasteiger partial charge >= 0.3 is 11.9 Å². The van der Waals surface area contributed by atoms with E-state index in [2.05, 4.69) is 0 Å². The van der Waals surface area contributed by atoms with Crippen molar-refractivity contribution in [3.63, 3.8) is 0 Å². The maximum Gasteiger partial charge on any atom is 0.303 e. The van der Waals surface area contributed by atoms with Crippen molar-refractivity contribution < 1.29 is 34.8 Å². The Morgan fingerprint density at radius 2 is 1.22 bits per heavy atom. The van der Waals surface area contributed by atoms with Crippen LogP contribution in [-0.4, -0.2) is 50.4 Å². The number of unbranched alkanes of at least 4 members (excludes halogenated alkanes) is 1. The number of carboxylic acid groups (broad SMARTS) is 2. The Morgan fingerprint density at radius 3 is 1.74 bits per heavy atom. The smallest absolute Gasteiger partial charge is 0.303 e. The summed E-state index contributed by atoms with van der Waals surface area (Å²) in [6.07, 6.45) is 1.10. The third kappa shape index (κ3) is 7.09. The lowest BCUT2D eigenvalue weighted by Gasteiger charge is -2.22. The van der Waals surface area contributed by atoms with Gasteiger partial charge in [-0.1, -0.05) is 0 Å². The lowest BCUT2D eigenvalue weighted by molar-refractivity contribution is -0.138. The number of carbonyl (C=O) groups is 3. The molecule has 23 heavy (non-hydrogen) atoms. The van der Waals surface area contributed by atoms with Crippen LogP contribution in [0, 0.1) is 11.8 Å². The summed E-state index contributed by atoms with van der Waals surface area (Å²) in [4.78, 5) is 32.9. The fraction of sp³-hybridized carbons (Fsp3) is 0.812. The molecule has 1 fully saturated rings. The average Bonchev–Trinajstić information content (AvgIpc) is 2.72. The minimum Gasteiger partial charge on any atom is -0.481 e. The predicted octanol–water partition coefficient (Wildman–Crippen LogP) is 1.20. The summed E-state index contributed by atoms with van der Waals surface area (Å²) in [6.45, 7) is 0. The fourth-order valence-corrected chi connectivity index (χ4v) is 3.32. The Balaban J connectivity index is 2.36. The summed E-state index contributed by atoms with van der Waals surface area (Å²) in [5, 5.41) is 37.2.